The number of aromatic amines is 3. The van der Waals surface area contributed by atoms with E-state index in [1.807, 2.05) is 0 Å². The van der Waals surface area contributed by atoms with E-state index >= 15 is 14.4 Å². The van der Waals surface area contributed by atoms with Gasteiger partial charge in [0.25, 0.3) is 0 Å². The van der Waals surface area contributed by atoms with Crippen LogP contribution in [0.2, 0.25) is 0 Å². The maximum absolute atomic E-state index is 15.3. The lowest BCUT2D eigenvalue weighted by Gasteiger charge is -2.29. The van der Waals surface area contributed by atoms with E-state index in [4.69, 9.17) is 28.7 Å². The van der Waals surface area contributed by atoms with E-state index in [0.717, 1.165) is 0 Å². The number of nitrogens with two attached hydrogens (primary N) is 5. The highest BCUT2D eigenvalue weighted by molar-refractivity contribution is 7.80. The van der Waals surface area contributed by atoms with Gasteiger partial charge in [-0.25, -0.2) is 4.79 Å². The molecule has 0 saturated carbocycles. The lowest BCUT2D eigenvalue weighted by Crippen LogP contribution is -2.62. The molecule has 0 spiro atoms. The van der Waals surface area contributed by atoms with Crippen LogP contribution in [0.15, 0.2) is 152 Å². The Hall–Kier alpha value is -15.8. The first-order chi connectivity index (χ1) is 70.4. The molecule has 8 rings (SSSR count). The number of amides is 18. The number of thiol groups is 2. The molecule has 0 aliphatic rings. The van der Waals surface area contributed by atoms with Gasteiger partial charge in [-0.1, -0.05) is 149 Å². The third-order valence-electron chi connectivity index (χ3n) is 24.2. The Morgan fingerprint density at radius 3 is 1.03 bits per heavy atom. The number of H-pyrrole nitrogens is 3. The number of nitrogens with one attached hydrogen (secondary N) is 18. The molecule has 17 atom stereocenters. The highest BCUT2D eigenvalue weighted by Gasteiger charge is 2.41. The van der Waals surface area contributed by atoms with Crippen molar-refractivity contribution in [2.75, 3.05) is 18.1 Å². The molecule has 148 heavy (non-hydrogen) atoms. The summed E-state index contributed by atoms with van der Waals surface area (Å²) in [5.74, 6) is -26.4. The fourth-order valence-electron chi connectivity index (χ4n) is 16.1. The predicted molar refractivity (Wildman–Crippen MR) is 547 cm³/mol. The van der Waals surface area contributed by atoms with Crippen molar-refractivity contribution in [1.29, 1.82) is 0 Å². The van der Waals surface area contributed by atoms with Gasteiger partial charge in [0.1, 0.15) is 90.6 Å². The van der Waals surface area contributed by atoms with Gasteiger partial charge >= 0.3 is 17.9 Å². The summed E-state index contributed by atoms with van der Waals surface area (Å²) in [6, 6.07) is 9.91. The zero-order valence-electron chi connectivity index (χ0n) is 82.0. The molecule has 49 heteroatoms. The van der Waals surface area contributed by atoms with Gasteiger partial charge in [-0.15, -0.1) is 0 Å². The molecule has 8 aromatic rings. The van der Waals surface area contributed by atoms with Gasteiger partial charge in [-0.2, -0.15) is 25.3 Å². The summed E-state index contributed by atoms with van der Waals surface area (Å²) in [6.07, 6.45) is -1.66. The minimum atomic E-state index is -2.03. The molecule has 31 N–H and O–H groups in total. The number of carboxylic acid groups (broad SMARTS) is 3. The predicted octanol–water partition coefficient (Wildman–Crippen LogP) is -2.61. The summed E-state index contributed by atoms with van der Waals surface area (Å²) in [7, 11) is 0. The zero-order chi connectivity index (χ0) is 109. The Morgan fingerprint density at radius 2 is 0.642 bits per heavy atom. The van der Waals surface area contributed by atoms with E-state index < -0.39 is 289 Å². The third-order valence-corrected chi connectivity index (χ3v) is 25.0. The van der Waals surface area contributed by atoms with Crippen LogP contribution in [0.3, 0.4) is 0 Å². The van der Waals surface area contributed by atoms with Crippen LogP contribution in [0.4, 0.5) is 0 Å². The summed E-state index contributed by atoms with van der Waals surface area (Å²) >= 11 is 8.59. The van der Waals surface area contributed by atoms with E-state index in [2.05, 4.69) is 120 Å². The molecule has 0 saturated heterocycles. The Bertz CT molecular complexity index is 6060. The zero-order valence-corrected chi connectivity index (χ0v) is 83.7. The molecule has 5 aromatic carbocycles. The van der Waals surface area contributed by atoms with Crippen molar-refractivity contribution in [3.05, 3.63) is 180 Å². The van der Waals surface area contributed by atoms with Crippen LogP contribution >= 0.6 is 25.3 Å². The smallest absolute Gasteiger partial charge is 0.326 e. The summed E-state index contributed by atoms with van der Waals surface area (Å²) in [5.41, 5.74) is 33.1. The van der Waals surface area contributed by atoms with Crippen molar-refractivity contribution in [2.24, 2.45) is 40.5 Å². The number of rotatable bonds is 62. The number of benzene rings is 5. The number of unbranched alkanes of at least 4 members (excludes halogenated alkanes) is 1. The number of carbonyl (C=O) groups is 21. The molecule has 0 aliphatic carbocycles. The van der Waals surface area contributed by atoms with Crippen LogP contribution < -0.4 is 108 Å². The number of carbonyl (C=O) groups excluding carboxylic acids is 18. The molecule has 47 nitrogen and oxygen atoms in total. The number of fused-ring (bicyclic) bond motifs is 3. The lowest BCUT2D eigenvalue weighted by atomic mass is 9.96. The van der Waals surface area contributed by atoms with E-state index in [1.54, 1.807) is 174 Å². The van der Waals surface area contributed by atoms with E-state index in [9.17, 15) is 102 Å². The molecule has 0 radical (unpaired) electrons. The number of carboxylic acids is 3. The van der Waals surface area contributed by atoms with Crippen molar-refractivity contribution >= 4 is 182 Å². The maximum Gasteiger partial charge on any atom is 0.326 e. The third kappa shape index (κ3) is 36.5. The molecular formula is C99H129N23O24S2. The molecule has 3 aromatic heterocycles. The molecule has 0 unspecified atom stereocenters. The lowest BCUT2D eigenvalue weighted by molar-refractivity contribution is -0.143. The van der Waals surface area contributed by atoms with Crippen LogP contribution in [0.1, 0.15) is 133 Å². The minimum absolute atomic E-state index is 0.0602. The van der Waals surface area contributed by atoms with Gasteiger partial charge in [0.05, 0.1) is 31.7 Å². The Morgan fingerprint density at radius 1 is 0.324 bits per heavy atom. The number of aliphatic carboxylic acids is 3. The van der Waals surface area contributed by atoms with Gasteiger partial charge in [0, 0.05) is 101 Å². The van der Waals surface area contributed by atoms with Crippen molar-refractivity contribution in [1.82, 2.24) is 94.7 Å². The Kier molecular flexibility index (Phi) is 45.9. The number of aromatic nitrogens is 3. The first kappa shape index (κ1) is 117. The fraction of sp³-hybridized carbons (Fsp3) is 0.424. The number of hydrogen-bond donors (Lipinski definition) is 28. The van der Waals surface area contributed by atoms with Crippen molar-refractivity contribution in [3.8, 4) is 0 Å². The molecule has 3 heterocycles. The normalized spacial score (nSPS) is 14.7. The van der Waals surface area contributed by atoms with Gasteiger partial charge < -0.3 is 139 Å². The van der Waals surface area contributed by atoms with E-state index in [1.165, 1.54) is 13.1 Å². The Balaban J connectivity index is 0.989. The molecule has 18 amide bonds. The summed E-state index contributed by atoms with van der Waals surface area (Å²) in [5, 5.41) is 68.7. The van der Waals surface area contributed by atoms with Crippen molar-refractivity contribution in [2.45, 2.75) is 234 Å². The van der Waals surface area contributed by atoms with Crippen LogP contribution in [0.25, 0.3) is 32.7 Å². The second-order valence-electron chi connectivity index (χ2n) is 36.2. The minimum Gasteiger partial charge on any atom is -0.481 e. The van der Waals surface area contributed by atoms with Gasteiger partial charge in [0.2, 0.25) is 106 Å². The second-order valence-corrected chi connectivity index (χ2v) is 37.0. The monoisotopic (exact) mass is 2090 g/mol. The molecule has 796 valence electrons. The average molecular weight is 2090 g/mol. The maximum atomic E-state index is 15.3. The Labute approximate surface area is 860 Å². The first-order valence-electron chi connectivity index (χ1n) is 47.8. The highest BCUT2D eigenvalue weighted by atomic mass is 32.1. The SMILES string of the molecule is CC[C@H](C)[C@H](NC(=O)[C@H](Cc1c[nH]c2ccccc12)NC(=O)[C@@H](N)CC(=O)O)C(=O)N[C@@H](CS)C(=O)N[C@@H](CC(N)=O)C(=O)N[C@@H](CC(C)C)C(=O)N[C@@H](Cc1ccccc1)C(=O)N[C@@H](CCCCN)C(=O)N[C@@H](CC(N)=O)C(=O)N[C@@H](CCC(N)=O)C(=O)N[C@@H](Cc1c[nH]c2ccccc12)C(=O)N[C@@H](Cc1ccccc1)C(=O)N[C@@H](CS)C(=O)N[C@@H](CC(=O)O)C(=O)N[C@@H](C)C(=O)N[C@@H](Cc1c[nH]c2ccccc12)C(=O)O. The van der Waals surface area contributed by atoms with Crippen molar-refractivity contribution < 1.29 is 116 Å². The van der Waals surface area contributed by atoms with Crippen LogP contribution in [-0.4, -0.2) is 269 Å². The van der Waals surface area contributed by atoms with Gasteiger partial charge in [-0.05, 0) is 103 Å². The molecule has 0 bridgehead atoms. The van der Waals surface area contributed by atoms with Crippen LogP contribution in [0, 0.1) is 11.8 Å². The summed E-state index contributed by atoms with van der Waals surface area (Å²) < 4.78 is 0. The topological polar surface area (TPSA) is 777 Å². The fourth-order valence-corrected chi connectivity index (χ4v) is 16.6. The number of primary amides is 3. The van der Waals surface area contributed by atoms with E-state index in [-0.39, 0.29) is 64.3 Å². The van der Waals surface area contributed by atoms with Crippen molar-refractivity contribution in [3.63, 3.8) is 0 Å². The molecule has 0 aliphatic heterocycles. The van der Waals surface area contributed by atoms with Crippen LogP contribution in [0.5, 0.6) is 0 Å². The number of hydrogen-bond acceptors (Lipinski definition) is 25. The van der Waals surface area contributed by atoms with E-state index in [0.29, 0.717) is 60.5 Å². The average Bonchev–Trinajstić information content (AvgIpc) is 1.52. The second kappa shape index (κ2) is 57.8. The number of para-hydroxylation sites is 3. The largest absolute Gasteiger partial charge is 0.481 e. The first-order valence-corrected chi connectivity index (χ1v) is 49.1. The quantitative estimate of drug-likeness (QED) is 0.0137. The summed E-state index contributed by atoms with van der Waals surface area (Å²) in [4.78, 5) is 302. The molecule has 0 fully saturated rings. The van der Waals surface area contributed by atoms with Gasteiger partial charge in [0.15, 0.2) is 0 Å². The molecular weight excluding hydrogens is 1960 g/mol. The summed E-state index contributed by atoms with van der Waals surface area (Å²) in [6.45, 7) is 7.89. The van der Waals surface area contributed by atoms with Crippen LogP contribution in [-0.2, 0) is 133 Å². The highest BCUT2D eigenvalue weighted by Crippen LogP contribution is 2.25. The standard InChI is InChI=1S/C99H129N23O24S2/c1-6-51(4)83(122-95(141)71(111-85(131)61(101)41-81(126)127)39-56-46-106-63-29-17-14-26-59(56)63)98(144)121-77(49-148)97(143)117-73(43-80(104)125)94(140)112-67(35-50(2)3)89(135)113-68(36-53-21-9-7-10-22-53)90(136)109-65(31-19-20-34-100)86(132)116-72(42-79(103)124)93(139)110-66(32-33-78(102)123)87(133)115-70(38-55-45-105-62-28-16-13-25-58(55)62)92(138)114-69(37-54-23-11-8-12-24-54)91(137)120-76(48-147)96(142)118-74(44-82(128)129)88(134)108-52(5)84(130)119-75(99(145)146)40-57-47-107-64-30-18-15-27-60(57)64/h7-18,21-30,45-47,50-52,61,65-77,83,105-107,147-148H,6,19-20,31-44,48-49,100-101H2,1-5H3,(H2,102,123)(H2,103,124)(H2,104,125)(H,108,134)(H,109,136)(H,110,139)(H,111,131)(H,112,140)(H,113,135)(H,114,138)(H,115,133)(H,116,132)(H,117,143)(H,118,142)(H,119,130)(H,120,137)(H,121,144)(H,122,141)(H,126,127)(H,128,129)(H,145,146)/t51-,52-,61-,65-,66-,67-,68-,69-,70-,71-,72-,73-,74-,75-,76-,77-,83-/m0/s1. The van der Waals surface area contributed by atoms with Gasteiger partial charge in [-0.3, -0.25) is 95.9 Å².